The van der Waals surface area contributed by atoms with E-state index in [-0.39, 0.29) is 5.91 Å². The highest BCUT2D eigenvalue weighted by atomic mass is 16.2. The molecule has 0 saturated heterocycles. The molecule has 3 rings (SSSR count). The molecule has 0 bridgehead atoms. The summed E-state index contributed by atoms with van der Waals surface area (Å²) >= 11 is 0. The largest absolute Gasteiger partial charge is 0.354 e. The van der Waals surface area contributed by atoms with Gasteiger partial charge in [0.05, 0.1) is 12.1 Å². The van der Waals surface area contributed by atoms with Gasteiger partial charge in [0.15, 0.2) is 0 Å². The summed E-state index contributed by atoms with van der Waals surface area (Å²) in [5, 5.41) is 4.34. The van der Waals surface area contributed by atoms with E-state index >= 15 is 0 Å². The Labute approximate surface area is 124 Å². The molecule has 0 spiro atoms. The molecule has 0 fully saturated rings. The second-order valence-electron chi connectivity index (χ2n) is 5.39. The number of nitrogens with one attached hydrogen (secondary N) is 1. The van der Waals surface area contributed by atoms with E-state index in [1.165, 1.54) is 11.1 Å². The highest BCUT2D eigenvalue weighted by molar-refractivity contribution is 6.03. The molecular formula is C17H19N3O. The minimum absolute atomic E-state index is 0.0765. The summed E-state index contributed by atoms with van der Waals surface area (Å²) in [6.45, 7) is 0. The molecule has 4 nitrogen and oxygen atoms in total. The van der Waals surface area contributed by atoms with Gasteiger partial charge in [0.25, 0.3) is 0 Å². The molecule has 1 aliphatic rings. The maximum absolute atomic E-state index is 12.0. The van der Waals surface area contributed by atoms with Crippen LogP contribution in [0.2, 0.25) is 0 Å². The van der Waals surface area contributed by atoms with Crippen LogP contribution in [0, 0.1) is 0 Å². The fraction of sp³-hybridized carbons (Fsp3) is 0.294. The maximum atomic E-state index is 12.0. The van der Waals surface area contributed by atoms with Crippen molar-refractivity contribution in [1.29, 1.82) is 0 Å². The number of amides is 1. The number of carbonyl (C=O) groups is 1. The van der Waals surface area contributed by atoms with Gasteiger partial charge in [-0.15, -0.1) is 0 Å². The van der Waals surface area contributed by atoms with Gasteiger partial charge < -0.3 is 4.57 Å². The van der Waals surface area contributed by atoms with Crippen molar-refractivity contribution in [2.45, 2.75) is 25.7 Å². The van der Waals surface area contributed by atoms with Gasteiger partial charge >= 0.3 is 0 Å². The molecule has 108 valence electrons. The van der Waals surface area contributed by atoms with Gasteiger partial charge in [0, 0.05) is 24.5 Å². The average Bonchev–Trinajstić information content (AvgIpc) is 2.90. The zero-order chi connectivity index (χ0) is 14.7. The third kappa shape index (κ3) is 3.05. The summed E-state index contributed by atoms with van der Waals surface area (Å²) in [5.41, 5.74) is 7.15. The van der Waals surface area contributed by atoms with E-state index in [1.54, 1.807) is 0 Å². The lowest BCUT2D eigenvalue weighted by atomic mass is 9.90. The summed E-state index contributed by atoms with van der Waals surface area (Å²) in [7, 11) is 1.94. The van der Waals surface area contributed by atoms with E-state index in [4.69, 9.17) is 0 Å². The Morgan fingerprint density at radius 3 is 2.90 bits per heavy atom. The number of rotatable bonds is 3. The Hall–Kier alpha value is -2.36. The molecule has 1 amide bonds. The smallest absolute Gasteiger partial charge is 0.246 e. The van der Waals surface area contributed by atoms with Crippen molar-refractivity contribution in [3.63, 3.8) is 0 Å². The zero-order valence-electron chi connectivity index (χ0n) is 12.2. The summed E-state index contributed by atoms with van der Waals surface area (Å²) in [6, 6.07) is 12.2. The molecule has 1 aliphatic carbocycles. The van der Waals surface area contributed by atoms with Gasteiger partial charge in [-0.1, -0.05) is 24.3 Å². The van der Waals surface area contributed by atoms with Crippen LogP contribution in [-0.2, 0) is 24.7 Å². The van der Waals surface area contributed by atoms with Crippen LogP contribution in [0.1, 0.15) is 29.7 Å². The summed E-state index contributed by atoms with van der Waals surface area (Å²) in [5.74, 6) is -0.0765. The van der Waals surface area contributed by atoms with E-state index in [9.17, 15) is 4.79 Å². The molecule has 0 saturated carbocycles. The topological polar surface area (TPSA) is 46.4 Å². The van der Waals surface area contributed by atoms with E-state index in [1.807, 2.05) is 36.0 Å². The Balaban J connectivity index is 1.69. The van der Waals surface area contributed by atoms with Crippen molar-refractivity contribution in [2.24, 2.45) is 12.1 Å². The van der Waals surface area contributed by atoms with E-state index in [0.29, 0.717) is 6.42 Å². The normalized spacial score (nSPS) is 15.8. The highest BCUT2D eigenvalue weighted by Gasteiger charge is 2.15. The van der Waals surface area contributed by atoms with E-state index in [2.05, 4.69) is 28.7 Å². The van der Waals surface area contributed by atoms with Gasteiger partial charge in [0.2, 0.25) is 5.91 Å². The molecule has 21 heavy (non-hydrogen) atoms. The Morgan fingerprint density at radius 1 is 1.24 bits per heavy atom. The monoisotopic (exact) mass is 281 g/mol. The van der Waals surface area contributed by atoms with Gasteiger partial charge in [-0.2, -0.15) is 5.10 Å². The lowest BCUT2D eigenvalue weighted by Gasteiger charge is -2.17. The molecule has 1 aromatic heterocycles. The standard InChI is InChI=1S/C17H19N3O/c1-20-11-5-8-14(20)12-17(21)19-18-16-10-4-7-13-6-2-3-9-15(13)16/h2-3,5-6,8-9,11H,4,7,10,12H2,1H3,(H,19,21)/b18-16-. The molecule has 0 unspecified atom stereocenters. The number of fused-ring (bicyclic) bond motifs is 1. The van der Waals surface area contributed by atoms with Crippen LogP contribution in [0.15, 0.2) is 47.7 Å². The predicted octanol–water partition coefficient (Wildman–Crippen LogP) is 2.42. The molecule has 4 heteroatoms. The predicted molar refractivity (Wildman–Crippen MR) is 83.2 cm³/mol. The SMILES string of the molecule is Cn1cccc1CC(=O)N/N=C1/CCCc2ccccc21. The summed E-state index contributed by atoms with van der Waals surface area (Å²) < 4.78 is 1.95. The second kappa shape index (κ2) is 5.95. The number of aryl methyl sites for hydroxylation is 2. The number of carbonyl (C=O) groups excluding carboxylic acids is 1. The lowest BCUT2D eigenvalue weighted by Crippen LogP contribution is -2.24. The van der Waals surface area contributed by atoms with Gasteiger partial charge in [0.1, 0.15) is 0 Å². The van der Waals surface area contributed by atoms with Crippen LogP contribution in [-0.4, -0.2) is 16.2 Å². The molecule has 0 atom stereocenters. The maximum Gasteiger partial charge on any atom is 0.246 e. The van der Waals surface area contributed by atoms with Crippen LogP contribution < -0.4 is 5.43 Å². The summed E-state index contributed by atoms with van der Waals surface area (Å²) in [4.78, 5) is 12.0. The van der Waals surface area contributed by atoms with Gasteiger partial charge in [-0.3, -0.25) is 4.79 Å². The molecule has 1 aromatic carbocycles. The molecule has 1 N–H and O–H groups in total. The molecular weight excluding hydrogens is 262 g/mol. The number of benzene rings is 1. The van der Waals surface area contributed by atoms with Crippen molar-refractivity contribution >= 4 is 11.6 Å². The average molecular weight is 281 g/mol. The van der Waals surface area contributed by atoms with Crippen molar-refractivity contribution < 1.29 is 4.79 Å². The molecule has 0 aliphatic heterocycles. The summed E-state index contributed by atoms with van der Waals surface area (Å²) in [6.07, 6.45) is 5.38. The van der Waals surface area contributed by atoms with Gasteiger partial charge in [-0.05, 0) is 37.0 Å². The first-order valence-corrected chi connectivity index (χ1v) is 7.28. The fourth-order valence-corrected chi connectivity index (χ4v) is 2.73. The number of hydrogen-bond acceptors (Lipinski definition) is 2. The minimum Gasteiger partial charge on any atom is -0.354 e. The number of hydrogen-bond donors (Lipinski definition) is 1. The molecule has 1 heterocycles. The van der Waals surface area contributed by atoms with Crippen LogP contribution >= 0.6 is 0 Å². The van der Waals surface area contributed by atoms with Crippen LogP contribution in [0.3, 0.4) is 0 Å². The first kappa shape index (κ1) is 13.6. The minimum atomic E-state index is -0.0765. The van der Waals surface area contributed by atoms with Crippen LogP contribution in [0.4, 0.5) is 0 Å². The van der Waals surface area contributed by atoms with E-state index in [0.717, 1.165) is 30.7 Å². The number of nitrogens with zero attached hydrogens (tertiary/aromatic N) is 2. The Bertz CT molecular complexity index is 685. The number of hydrazone groups is 1. The quantitative estimate of drug-likeness (QED) is 0.863. The third-order valence-corrected chi connectivity index (χ3v) is 3.90. The van der Waals surface area contributed by atoms with Crippen molar-refractivity contribution in [3.05, 3.63) is 59.4 Å². The third-order valence-electron chi connectivity index (χ3n) is 3.90. The lowest BCUT2D eigenvalue weighted by molar-refractivity contribution is -0.120. The van der Waals surface area contributed by atoms with Crippen molar-refractivity contribution in [3.8, 4) is 0 Å². The van der Waals surface area contributed by atoms with Crippen molar-refractivity contribution in [1.82, 2.24) is 9.99 Å². The zero-order valence-corrected chi connectivity index (χ0v) is 12.2. The first-order valence-electron chi connectivity index (χ1n) is 7.28. The van der Waals surface area contributed by atoms with Crippen LogP contribution in [0.25, 0.3) is 0 Å². The second-order valence-corrected chi connectivity index (χ2v) is 5.39. The van der Waals surface area contributed by atoms with Crippen molar-refractivity contribution in [2.75, 3.05) is 0 Å². The Morgan fingerprint density at radius 2 is 2.10 bits per heavy atom. The van der Waals surface area contributed by atoms with Gasteiger partial charge in [-0.25, -0.2) is 5.43 Å². The van der Waals surface area contributed by atoms with E-state index < -0.39 is 0 Å². The highest BCUT2D eigenvalue weighted by Crippen LogP contribution is 2.21. The fourth-order valence-electron chi connectivity index (χ4n) is 2.73. The number of aromatic nitrogens is 1. The first-order chi connectivity index (χ1) is 10.2. The molecule has 2 aromatic rings. The molecule has 0 radical (unpaired) electrons. The van der Waals surface area contributed by atoms with Crippen LogP contribution in [0.5, 0.6) is 0 Å². The Kier molecular flexibility index (Phi) is 3.86.